The minimum absolute atomic E-state index is 0.192. The van der Waals surface area contributed by atoms with Crippen molar-refractivity contribution in [1.29, 1.82) is 0 Å². The van der Waals surface area contributed by atoms with Gasteiger partial charge < -0.3 is 0 Å². The Labute approximate surface area is 154 Å². The zero-order chi connectivity index (χ0) is 18.1. The molecule has 1 amide bonds. The van der Waals surface area contributed by atoms with Gasteiger partial charge in [-0.2, -0.15) is 0 Å². The number of fused-ring (bicyclic) bond motifs is 1. The zero-order valence-electron chi connectivity index (χ0n) is 14.4. The molecule has 26 heavy (non-hydrogen) atoms. The van der Waals surface area contributed by atoms with Gasteiger partial charge in [0.05, 0.1) is 22.5 Å². The van der Waals surface area contributed by atoms with Gasteiger partial charge in [0.15, 0.2) is 5.13 Å². The minimum Gasteiger partial charge on any atom is -0.298 e. The molecule has 0 unspecified atom stereocenters. The molecule has 0 spiro atoms. The Morgan fingerprint density at radius 2 is 1.92 bits per heavy atom. The third-order valence-corrected chi connectivity index (χ3v) is 5.16. The second-order valence-corrected chi connectivity index (χ2v) is 7.13. The van der Waals surface area contributed by atoms with Gasteiger partial charge in [0.1, 0.15) is 0 Å². The molecule has 0 atom stereocenters. The van der Waals surface area contributed by atoms with Gasteiger partial charge in [0, 0.05) is 28.2 Å². The summed E-state index contributed by atoms with van der Waals surface area (Å²) in [4.78, 5) is 27.3. The lowest BCUT2D eigenvalue weighted by molar-refractivity contribution is 0.102. The van der Waals surface area contributed by atoms with Gasteiger partial charge in [-0.15, -0.1) is 11.3 Å². The van der Waals surface area contributed by atoms with E-state index in [4.69, 9.17) is 0 Å². The highest BCUT2D eigenvalue weighted by Crippen LogP contribution is 2.26. The molecular weight excluding hydrogens is 344 g/mol. The van der Waals surface area contributed by atoms with Crippen molar-refractivity contribution < 1.29 is 4.79 Å². The van der Waals surface area contributed by atoms with E-state index in [9.17, 15) is 4.79 Å². The quantitative estimate of drug-likeness (QED) is 0.579. The van der Waals surface area contributed by atoms with Gasteiger partial charge in [0.25, 0.3) is 5.91 Å². The van der Waals surface area contributed by atoms with Crippen molar-refractivity contribution in [2.75, 3.05) is 5.32 Å². The summed E-state index contributed by atoms with van der Waals surface area (Å²) in [5.74, 6) is -0.192. The first-order chi connectivity index (χ1) is 12.6. The highest BCUT2D eigenvalue weighted by molar-refractivity contribution is 7.15. The molecular formula is C20H16N4OS. The smallest absolute Gasteiger partial charge is 0.258 e. The number of carbonyl (C=O) groups is 1. The van der Waals surface area contributed by atoms with Crippen molar-refractivity contribution >= 4 is 33.3 Å². The molecule has 1 N–H and O–H groups in total. The lowest BCUT2D eigenvalue weighted by Crippen LogP contribution is -2.13. The zero-order valence-corrected chi connectivity index (χ0v) is 15.2. The first kappa shape index (κ1) is 16.4. The SMILES string of the molecule is Cc1nc(NC(=O)c2cc(-c3cccnc3)nc3ccccc23)sc1C. The lowest BCUT2D eigenvalue weighted by Gasteiger charge is -2.09. The van der Waals surface area contributed by atoms with Crippen LogP contribution in [0.5, 0.6) is 0 Å². The molecule has 0 saturated heterocycles. The van der Waals surface area contributed by atoms with E-state index in [1.165, 1.54) is 11.3 Å². The first-order valence-electron chi connectivity index (χ1n) is 8.17. The Bertz CT molecular complexity index is 1090. The number of nitrogens with zero attached hydrogens (tertiary/aromatic N) is 3. The fraction of sp³-hybridized carbons (Fsp3) is 0.100. The lowest BCUT2D eigenvalue weighted by atomic mass is 10.0. The fourth-order valence-corrected chi connectivity index (χ4v) is 3.53. The van der Waals surface area contributed by atoms with Crippen molar-refractivity contribution in [3.63, 3.8) is 0 Å². The molecule has 0 aliphatic heterocycles. The topological polar surface area (TPSA) is 67.8 Å². The predicted octanol–water partition coefficient (Wildman–Crippen LogP) is 4.62. The van der Waals surface area contributed by atoms with Crippen LogP contribution in [-0.2, 0) is 0 Å². The molecule has 6 heteroatoms. The summed E-state index contributed by atoms with van der Waals surface area (Å²) in [5, 5.41) is 4.33. The number of pyridine rings is 2. The van der Waals surface area contributed by atoms with Gasteiger partial charge in [0.2, 0.25) is 0 Å². The van der Waals surface area contributed by atoms with Crippen LogP contribution < -0.4 is 5.32 Å². The van der Waals surface area contributed by atoms with E-state index in [0.29, 0.717) is 16.4 Å². The highest BCUT2D eigenvalue weighted by atomic mass is 32.1. The first-order valence-corrected chi connectivity index (χ1v) is 8.99. The summed E-state index contributed by atoms with van der Waals surface area (Å²) < 4.78 is 0. The summed E-state index contributed by atoms with van der Waals surface area (Å²) in [5.41, 5.74) is 3.85. The summed E-state index contributed by atoms with van der Waals surface area (Å²) in [6.07, 6.45) is 3.46. The van der Waals surface area contributed by atoms with Crippen LogP contribution in [0, 0.1) is 13.8 Å². The van der Waals surface area contributed by atoms with Gasteiger partial charge in [-0.3, -0.25) is 15.1 Å². The fourth-order valence-electron chi connectivity index (χ4n) is 2.72. The third-order valence-electron chi connectivity index (χ3n) is 4.17. The van der Waals surface area contributed by atoms with E-state index in [2.05, 4.69) is 20.3 Å². The van der Waals surface area contributed by atoms with Crippen LogP contribution in [-0.4, -0.2) is 20.9 Å². The van der Waals surface area contributed by atoms with Crippen molar-refractivity contribution in [1.82, 2.24) is 15.0 Å². The van der Waals surface area contributed by atoms with E-state index >= 15 is 0 Å². The summed E-state index contributed by atoms with van der Waals surface area (Å²) >= 11 is 1.47. The van der Waals surface area contributed by atoms with Gasteiger partial charge in [-0.25, -0.2) is 9.97 Å². The number of hydrogen-bond donors (Lipinski definition) is 1. The largest absolute Gasteiger partial charge is 0.298 e. The number of para-hydroxylation sites is 1. The number of aromatic nitrogens is 3. The van der Waals surface area contributed by atoms with E-state index in [1.807, 2.05) is 56.3 Å². The molecule has 5 nitrogen and oxygen atoms in total. The molecule has 128 valence electrons. The molecule has 0 aliphatic carbocycles. The number of hydrogen-bond acceptors (Lipinski definition) is 5. The minimum atomic E-state index is -0.192. The Hall–Kier alpha value is -3.12. The summed E-state index contributed by atoms with van der Waals surface area (Å²) in [7, 11) is 0. The van der Waals surface area contributed by atoms with Crippen molar-refractivity contribution in [3.8, 4) is 11.3 Å². The van der Waals surface area contributed by atoms with Gasteiger partial charge >= 0.3 is 0 Å². The monoisotopic (exact) mass is 360 g/mol. The molecule has 0 fully saturated rings. The number of nitrogens with one attached hydrogen (secondary N) is 1. The van der Waals surface area contributed by atoms with Crippen molar-refractivity contribution in [3.05, 3.63) is 71.0 Å². The van der Waals surface area contributed by atoms with Crippen LogP contribution in [0.15, 0.2) is 54.9 Å². The molecule has 0 radical (unpaired) electrons. The Morgan fingerprint density at radius 1 is 1.08 bits per heavy atom. The van der Waals surface area contributed by atoms with Crippen LogP contribution in [0.3, 0.4) is 0 Å². The average molecular weight is 360 g/mol. The Balaban J connectivity index is 1.81. The van der Waals surface area contributed by atoms with Crippen molar-refractivity contribution in [2.24, 2.45) is 0 Å². The Morgan fingerprint density at radius 3 is 2.65 bits per heavy atom. The van der Waals surface area contributed by atoms with E-state index in [-0.39, 0.29) is 5.91 Å². The summed E-state index contributed by atoms with van der Waals surface area (Å²) in [6.45, 7) is 3.93. The third kappa shape index (κ3) is 3.07. The molecule has 3 aromatic heterocycles. The van der Waals surface area contributed by atoms with E-state index < -0.39 is 0 Å². The number of anilines is 1. The number of benzene rings is 1. The maximum Gasteiger partial charge on any atom is 0.258 e. The second kappa shape index (κ2) is 6.65. The van der Waals surface area contributed by atoms with E-state index in [1.54, 1.807) is 12.4 Å². The second-order valence-electron chi connectivity index (χ2n) is 5.93. The average Bonchev–Trinajstić information content (AvgIpc) is 2.98. The maximum atomic E-state index is 12.9. The molecule has 4 aromatic rings. The number of amides is 1. The maximum absolute atomic E-state index is 12.9. The molecule has 3 heterocycles. The number of carbonyl (C=O) groups excluding carboxylic acids is 1. The van der Waals surface area contributed by atoms with Gasteiger partial charge in [-0.05, 0) is 38.1 Å². The number of rotatable bonds is 3. The van der Waals surface area contributed by atoms with Gasteiger partial charge in [-0.1, -0.05) is 18.2 Å². The predicted molar refractivity (Wildman–Crippen MR) is 105 cm³/mol. The molecule has 0 bridgehead atoms. The van der Waals surface area contributed by atoms with Crippen LogP contribution in [0.25, 0.3) is 22.2 Å². The Kier molecular flexibility index (Phi) is 4.18. The molecule has 0 aliphatic rings. The molecule has 1 aromatic carbocycles. The highest BCUT2D eigenvalue weighted by Gasteiger charge is 2.16. The standard InChI is InChI=1S/C20H16N4OS/c1-12-13(2)26-20(22-12)24-19(25)16-10-18(14-6-5-9-21-11-14)23-17-8-4-3-7-15(16)17/h3-11H,1-2H3,(H,22,24,25). The normalized spacial score (nSPS) is 10.8. The molecule has 4 rings (SSSR count). The van der Waals surface area contributed by atoms with Crippen molar-refractivity contribution in [2.45, 2.75) is 13.8 Å². The van der Waals surface area contributed by atoms with E-state index in [0.717, 1.165) is 27.0 Å². The van der Waals surface area contributed by atoms with Crippen LogP contribution in [0.4, 0.5) is 5.13 Å². The van der Waals surface area contributed by atoms with Crippen LogP contribution >= 0.6 is 11.3 Å². The number of thiazole rings is 1. The van der Waals surface area contributed by atoms with Crippen LogP contribution in [0.2, 0.25) is 0 Å². The summed E-state index contributed by atoms with van der Waals surface area (Å²) in [6, 6.07) is 13.2. The molecule has 0 saturated carbocycles. The number of aryl methyl sites for hydroxylation is 2. The van der Waals surface area contributed by atoms with Crippen LogP contribution in [0.1, 0.15) is 20.9 Å².